The van der Waals surface area contributed by atoms with Gasteiger partial charge in [-0.25, -0.2) is 13.2 Å². The van der Waals surface area contributed by atoms with Gasteiger partial charge in [-0.1, -0.05) is 0 Å². The van der Waals surface area contributed by atoms with Crippen LogP contribution < -0.4 is 16.1 Å². The third kappa shape index (κ3) is 2.22. The molecule has 2 fully saturated rings. The van der Waals surface area contributed by atoms with Gasteiger partial charge in [0, 0.05) is 36.9 Å². The predicted octanol–water partition coefficient (Wildman–Crippen LogP) is 2.68. The fourth-order valence-corrected chi connectivity index (χ4v) is 3.52. The van der Waals surface area contributed by atoms with Crippen molar-refractivity contribution in [3.63, 3.8) is 0 Å². The third-order valence-corrected chi connectivity index (χ3v) is 4.93. The number of aromatic nitrogens is 1. The third-order valence-electron chi connectivity index (χ3n) is 4.93. The van der Waals surface area contributed by atoms with E-state index in [2.05, 4.69) is 0 Å². The normalized spacial score (nSPS) is 24.1. The van der Waals surface area contributed by atoms with Gasteiger partial charge in [-0.3, -0.25) is 4.79 Å². The van der Waals surface area contributed by atoms with Crippen molar-refractivity contribution in [2.24, 2.45) is 5.73 Å². The van der Waals surface area contributed by atoms with E-state index in [9.17, 15) is 13.6 Å². The topological polar surface area (TPSA) is 51.3 Å². The maximum Gasteiger partial charge on any atom is 0.192 e. The average molecular weight is 337 g/mol. The molecule has 4 rings (SSSR count). The van der Waals surface area contributed by atoms with E-state index in [0.717, 1.165) is 18.9 Å². The van der Waals surface area contributed by atoms with E-state index in [0.29, 0.717) is 13.0 Å². The molecule has 1 aliphatic carbocycles. The molecule has 0 amide bonds. The van der Waals surface area contributed by atoms with Crippen molar-refractivity contribution in [1.29, 1.82) is 0 Å². The fourth-order valence-electron chi connectivity index (χ4n) is 3.52. The molecule has 1 aliphatic heterocycles. The molecule has 24 heavy (non-hydrogen) atoms. The van der Waals surface area contributed by atoms with Gasteiger partial charge in [0.25, 0.3) is 0 Å². The molecule has 7 heteroatoms. The molecule has 1 unspecified atom stereocenters. The van der Waals surface area contributed by atoms with Gasteiger partial charge in [0.15, 0.2) is 22.9 Å². The van der Waals surface area contributed by atoms with Crippen LogP contribution in [0.5, 0.6) is 0 Å². The summed E-state index contributed by atoms with van der Waals surface area (Å²) in [6.07, 6.45) is 3.67. The number of hydrogen-bond donors (Lipinski definition) is 1. The van der Waals surface area contributed by atoms with Gasteiger partial charge in [-0.05, 0) is 26.2 Å². The van der Waals surface area contributed by atoms with Crippen LogP contribution in [0.4, 0.5) is 18.9 Å². The summed E-state index contributed by atoms with van der Waals surface area (Å²) in [6.45, 7) is 2.36. The molecule has 4 nitrogen and oxygen atoms in total. The molecule has 0 radical (unpaired) electrons. The molecule has 2 aromatic rings. The van der Waals surface area contributed by atoms with Gasteiger partial charge in [0.2, 0.25) is 0 Å². The second-order valence-electron chi connectivity index (χ2n) is 7.16. The van der Waals surface area contributed by atoms with Crippen molar-refractivity contribution in [1.82, 2.24) is 4.57 Å². The van der Waals surface area contributed by atoms with Crippen LogP contribution >= 0.6 is 0 Å². The Morgan fingerprint density at radius 2 is 1.92 bits per heavy atom. The molecule has 1 aromatic heterocycles. The molecule has 1 saturated heterocycles. The molecule has 2 aliphatic rings. The van der Waals surface area contributed by atoms with Crippen LogP contribution in [0.25, 0.3) is 10.9 Å². The first-order valence-corrected chi connectivity index (χ1v) is 8.05. The number of nitrogens with zero attached hydrogens (tertiary/aromatic N) is 2. The lowest BCUT2D eigenvalue weighted by molar-refractivity contribution is 0.496. The van der Waals surface area contributed by atoms with Gasteiger partial charge in [0.1, 0.15) is 5.69 Å². The molecule has 1 atom stereocenters. The Kier molecular flexibility index (Phi) is 3.22. The van der Waals surface area contributed by atoms with E-state index >= 15 is 4.39 Å². The summed E-state index contributed by atoms with van der Waals surface area (Å²) in [5.41, 5.74) is 4.16. The molecule has 2 heterocycles. The fraction of sp³-hybridized carbons (Fsp3) is 0.471. The first-order valence-electron chi connectivity index (χ1n) is 8.05. The monoisotopic (exact) mass is 337 g/mol. The van der Waals surface area contributed by atoms with E-state index in [4.69, 9.17) is 5.73 Å². The lowest BCUT2D eigenvalue weighted by Gasteiger charge is -2.24. The van der Waals surface area contributed by atoms with Crippen molar-refractivity contribution >= 4 is 16.6 Å². The van der Waals surface area contributed by atoms with Crippen molar-refractivity contribution in [3.8, 4) is 0 Å². The summed E-state index contributed by atoms with van der Waals surface area (Å²) in [5.74, 6) is -3.48. The Morgan fingerprint density at radius 3 is 2.50 bits per heavy atom. The smallest absolute Gasteiger partial charge is 0.192 e. The first-order chi connectivity index (χ1) is 11.3. The Bertz CT molecular complexity index is 902. The van der Waals surface area contributed by atoms with Crippen LogP contribution in [0, 0.1) is 17.5 Å². The van der Waals surface area contributed by atoms with Crippen LogP contribution in [-0.4, -0.2) is 23.2 Å². The zero-order valence-electron chi connectivity index (χ0n) is 13.3. The Morgan fingerprint density at radius 1 is 1.21 bits per heavy atom. The Balaban J connectivity index is 2.02. The van der Waals surface area contributed by atoms with E-state index in [-0.39, 0.29) is 18.1 Å². The highest BCUT2D eigenvalue weighted by atomic mass is 19.2. The molecule has 1 saturated carbocycles. The molecule has 128 valence electrons. The second kappa shape index (κ2) is 4.99. The SMILES string of the molecule is CC1(N)CCN(c2c(F)c(F)c3c(=O)ccn(C4CC4)c3c2F)C1. The summed E-state index contributed by atoms with van der Waals surface area (Å²) in [5, 5.41) is -0.516. The van der Waals surface area contributed by atoms with Crippen molar-refractivity contribution < 1.29 is 13.2 Å². The summed E-state index contributed by atoms with van der Waals surface area (Å²) in [6, 6.07) is 1.19. The summed E-state index contributed by atoms with van der Waals surface area (Å²) in [7, 11) is 0. The number of rotatable bonds is 2. The molecule has 1 aromatic carbocycles. The zero-order chi connectivity index (χ0) is 17.2. The highest BCUT2D eigenvalue weighted by molar-refractivity contribution is 5.85. The predicted molar refractivity (Wildman–Crippen MR) is 85.8 cm³/mol. The highest BCUT2D eigenvalue weighted by Gasteiger charge is 2.36. The average Bonchev–Trinajstić information content (AvgIpc) is 3.29. The number of pyridine rings is 1. The van der Waals surface area contributed by atoms with Crippen molar-refractivity contribution in [3.05, 3.63) is 39.9 Å². The van der Waals surface area contributed by atoms with E-state index in [1.54, 1.807) is 11.5 Å². The number of anilines is 1. The summed E-state index contributed by atoms with van der Waals surface area (Å²) in [4.78, 5) is 13.4. The van der Waals surface area contributed by atoms with Crippen LogP contribution in [0.2, 0.25) is 0 Å². The molecule has 0 spiro atoms. The highest BCUT2D eigenvalue weighted by Crippen LogP contribution is 2.40. The number of fused-ring (bicyclic) bond motifs is 1. The van der Waals surface area contributed by atoms with Gasteiger partial charge in [-0.2, -0.15) is 0 Å². The minimum Gasteiger partial charge on any atom is -0.365 e. The summed E-state index contributed by atoms with van der Waals surface area (Å²) >= 11 is 0. The van der Waals surface area contributed by atoms with Gasteiger partial charge in [0.05, 0.1) is 10.9 Å². The second-order valence-corrected chi connectivity index (χ2v) is 7.16. The standard InChI is InChI=1S/C17H18F3N3O/c1-17(21)5-7-22(8-17)16-13(19)12(18)11-10(24)4-6-23(9-2-3-9)15(11)14(16)20/h4,6,9H,2-3,5,7-8,21H2,1H3. The van der Waals surface area contributed by atoms with Crippen LogP contribution in [0.1, 0.15) is 32.2 Å². The summed E-state index contributed by atoms with van der Waals surface area (Å²) < 4.78 is 45.9. The molecule has 2 N–H and O–H groups in total. The lowest BCUT2D eigenvalue weighted by atomic mass is 10.0. The lowest BCUT2D eigenvalue weighted by Crippen LogP contribution is -2.39. The van der Waals surface area contributed by atoms with Crippen molar-refractivity contribution in [2.45, 2.75) is 37.8 Å². The van der Waals surface area contributed by atoms with E-state index in [1.165, 1.54) is 11.1 Å². The van der Waals surface area contributed by atoms with Gasteiger partial charge in [-0.15, -0.1) is 0 Å². The maximum atomic E-state index is 15.2. The quantitative estimate of drug-likeness (QED) is 0.857. The van der Waals surface area contributed by atoms with Crippen LogP contribution in [0.3, 0.4) is 0 Å². The number of hydrogen-bond acceptors (Lipinski definition) is 3. The molecule has 0 bridgehead atoms. The number of halogens is 3. The largest absolute Gasteiger partial charge is 0.365 e. The molecular formula is C17H18F3N3O. The Hall–Kier alpha value is -2.02. The molecular weight excluding hydrogens is 319 g/mol. The minimum absolute atomic E-state index is 0.0265. The van der Waals surface area contributed by atoms with Gasteiger partial charge >= 0.3 is 0 Å². The maximum absolute atomic E-state index is 15.2. The van der Waals surface area contributed by atoms with Crippen molar-refractivity contribution in [2.75, 3.05) is 18.0 Å². The van der Waals surface area contributed by atoms with Gasteiger partial charge < -0.3 is 15.2 Å². The first kappa shape index (κ1) is 15.5. The van der Waals surface area contributed by atoms with Crippen LogP contribution in [0.15, 0.2) is 17.1 Å². The van der Waals surface area contributed by atoms with E-state index < -0.39 is 39.5 Å². The zero-order valence-corrected chi connectivity index (χ0v) is 13.3. The number of benzene rings is 1. The van der Waals surface area contributed by atoms with E-state index in [1.807, 2.05) is 0 Å². The van der Waals surface area contributed by atoms with Crippen LogP contribution in [-0.2, 0) is 0 Å². The number of nitrogens with two attached hydrogens (primary N) is 1. The Labute approximate surface area is 136 Å². The minimum atomic E-state index is -1.32.